The number of fused-ring (bicyclic) bond motifs is 2. The lowest BCUT2D eigenvalue weighted by Gasteiger charge is -2.28. The summed E-state index contributed by atoms with van der Waals surface area (Å²) in [6, 6.07) is 21.3. The van der Waals surface area contributed by atoms with Crippen LogP contribution < -0.4 is 4.74 Å². The molecule has 1 heterocycles. The Hall–Kier alpha value is -2.56. The van der Waals surface area contributed by atoms with Gasteiger partial charge in [-0.15, -0.1) is 11.3 Å². The van der Waals surface area contributed by atoms with Crippen molar-refractivity contribution in [2.24, 2.45) is 0 Å². The van der Waals surface area contributed by atoms with Gasteiger partial charge in [0.05, 0.1) is 0 Å². The van der Waals surface area contributed by atoms with Crippen molar-refractivity contribution in [2.45, 2.75) is 18.4 Å². The zero-order chi connectivity index (χ0) is 19.0. The van der Waals surface area contributed by atoms with Crippen LogP contribution in [-0.4, -0.2) is 11.1 Å². The van der Waals surface area contributed by atoms with Gasteiger partial charge in [0.15, 0.2) is 0 Å². The molecule has 136 valence electrons. The topological polar surface area (TPSA) is 46.5 Å². The van der Waals surface area contributed by atoms with Gasteiger partial charge in [0.25, 0.3) is 0 Å². The summed E-state index contributed by atoms with van der Waals surface area (Å²) in [4.78, 5) is 11.5. The van der Waals surface area contributed by atoms with E-state index in [9.17, 15) is 9.90 Å². The van der Waals surface area contributed by atoms with Crippen molar-refractivity contribution in [2.75, 3.05) is 0 Å². The van der Waals surface area contributed by atoms with Gasteiger partial charge in [0, 0.05) is 22.1 Å². The highest BCUT2D eigenvalue weighted by Crippen LogP contribution is 2.40. The Morgan fingerprint density at radius 2 is 1.85 bits per heavy atom. The van der Waals surface area contributed by atoms with Crippen molar-refractivity contribution in [3.63, 3.8) is 0 Å². The summed E-state index contributed by atoms with van der Waals surface area (Å²) in [5.74, 6) is -0.195. The van der Waals surface area contributed by atoms with Crippen molar-refractivity contribution in [3.8, 4) is 5.75 Å². The highest BCUT2D eigenvalue weighted by molar-refractivity contribution is 7.20. The van der Waals surface area contributed by atoms with Crippen molar-refractivity contribution in [1.82, 2.24) is 0 Å². The summed E-state index contributed by atoms with van der Waals surface area (Å²) in [6.07, 6.45) is 0.556. The maximum atomic E-state index is 11.2. The van der Waals surface area contributed by atoms with Crippen LogP contribution in [0, 0.1) is 0 Å². The van der Waals surface area contributed by atoms with Gasteiger partial charge in [-0.1, -0.05) is 67.1 Å². The van der Waals surface area contributed by atoms with E-state index < -0.39 is 11.0 Å². The first-order valence-corrected chi connectivity index (χ1v) is 9.83. The van der Waals surface area contributed by atoms with E-state index in [-0.39, 0.29) is 0 Å². The molecule has 4 rings (SSSR count). The minimum Gasteiger partial charge on any atom is -0.477 e. The molecule has 0 aliphatic heterocycles. The average Bonchev–Trinajstić information content (AvgIpc) is 3.12. The molecule has 0 spiro atoms. The second-order valence-corrected chi connectivity index (χ2v) is 8.02. The minimum absolute atomic E-state index is 0.314. The number of halogens is 1. The van der Waals surface area contributed by atoms with Gasteiger partial charge in [0.2, 0.25) is 5.06 Å². The van der Waals surface area contributed by atoms with E-state index in [1.807, 2.05) is 67.6 Å². The van der Waals surface area contributed by atoms with E-state index in [1.165, 1.54) is 11.3 Å². The molecule has 27 heavy (non-hydrogen) atoms. The molecule has 0 aliphatic rings. The first-order chi connectivity index (χ1) is 13.0. The number of thiophene rings is 1. The summed E-state index contributed by atoms with van der Waals surface area (Å²) in [5.41, 5.74) is 0.811. The Morgan fingerprint density at radius 3 is 2.63 bits per heavy atom. The molecule has 0 saturated heterocycles. The summed E-state index contributed by atoms with van der Waals surface area (Å²) in [6.45, 7) is 1.97. The monoisotopic (exact) mass is 396 g/mol. The van der Waals surface area contributed by atoms with Gasteiger partial charge >= 0.3 is 5.97 Å². The number of carboxylic acids is 1. The number of carbonyl (C=O) groups is 1. The molecule has 0 fully saturated rings. The molecule has 1 aromatic heterocycles. The van der Waals surface area contributed by atoms with Crippen molar-refractivity contribution in [3.05, 3.63) is 77.2 Å². The second-order valence-electron chi connectivity index (χ2n) is 6.33. The highest BCUT2D eigenvalue weighted by atomic mass is 35.5. The molecule has 3 nitrogen and oxygen atoms in total. The molecular weight excluding hydrogens is 380 g/mol. The lowest BCUT2D eigenvalue weighted by atomic mass is 10.0. The number of ether oxygens (including phenoxy) is 1. The molecule has 3 aromatic carbocycles. The van der Waals surface area contributed by atoms with Gasteiger partial charge < -0.3 is 9.84 Å². The molecule has 0 radical (unpaired) electrons. The molecule has 5 heteroatoms. The predicted octanol–water partition coefficient (Wildman–Crippen LogP) is 6.63. The lowest BCUT2D eigenvalue weighted by molar-refractivity contribution is 0.0702. The van der Waals surface area contributed by atoms with Crippen LogP contribution in [0.4, 0.5) is 0 Å². The third-order valence-corrected chi connectivity index (χ3v) is 6.29. The van der Waals surface area contributed by atoms with Crippen molar-refractivity contribution >= 4 is 49.8 Å². The summed E-state index contributed by atoms with van der Waals surface area (Å²) in [7, 11) is 0. The van der Waals surface area contributed by atoms with Crippen LogP contribution in [-0.2, 0) is 5.06 Å². The molecule has 1 unspecified atom stereocenters. The van der Waals surface area contributed by atoms with Gasteiger partial charge in [-0.25, -0.2) is 4.79 Å². The van der Waals surface area contributed by atoms with Gasteiger partial charge in [-0.2, -0.15) is 0 Å². The van der Waals surface area contributed by atoms with Crippen LogP contribution in [0.5, 0.6) is 5.75 Å². The Kier molecular flexibility index (Phi) is 4.54. The molecule has 0 bridgehead atoms. The quantitative estimate of drug-likeness (QED) is 0.385. The zero-order valence-electron chi connectivity index (χ0n) is 14.6. The number of hydrogen-bond donors (Lipinski definition) is 1. The number of hydrogen-bond acceptors (Lipinski definition) is 3. The largest absolute Gasteiger partial charge is 0.477 e. The van der Waals surface area contributed by atoms with Crippen LogP contribution in [0.25, 0.3) is 20.9 Å². The van der Waals surface area contributed by atoms with Gasteiger partial charge in [-0.3, -0.25) is 0 Å². The standard InChI is InChI=1S/C22H17ClO3S/c1-2-22(23,26-18-9-5-7-14-6-3-4-8-17(14)18)16-11-10-15-12-20(21(24)25)27-19(15)13-16/h3-13H,2H2,1H3,(H,24,25). The molecule has 4 aromatic rings. The van der Waals surface area contributed by atoms with E-state index in [0.29, 0.717) is 11.3 Å². The Labute approximate surface area is 165 Å². The van der Waals surface area contributed by atoms with Crippen molar-refractivity contribution in [1.29, 1.82) is 0 Å². The fourth-order valence-electron chi connectivity index (χ4n) is 3.16. The van der Waals surface area contributed by atoms with Gasteiger partial charge in [-0.05, 0) is 29.0 Å². The molecular formula is C22H17ClO3S. The fraction of sp³-hybridized carbons (Fsp3) is 0.136. The average molecular weight is 397 g/mol. The number of carboxylic acid groups (broad SMARTS) is 1. The Balaban J connectivity index is 1.77. The van der Waals surface area contributed by atoms with Crippen LogP contribution >= 0.6 is 22.9 Å². The summed E-state index contributed by atoms with van der Waals surface area (Å²) >= 11 is 8.16. The third kappa shape index (κ3) is 3.27. The van der Waals surface area contributed by atoms with Crippen LogP contribution in [0.3, 0.4) is 0 Å². The van der Waals surface area contributed by atoms with Crippen molar-refractivity contribution < 1.29 is 14.6 Å². The normalized spacial score (nSPS) is 13.6. The Morgan fingerprint density at radius 1 is 1.07 bits per heavy atom. The Bertz CT molecular complexity index is 1150. The van der Waals surface area contributed by atoms with E-state index in [2.05, 4.69) is 0 Å². The number of rotatable bonds is 5. The third-order valence-electron chi connectivity index (χ3n) is 4.64. The second kappa shape index (κ2) is 6.87. The SMILES string of the molecule is CCC(Cl)(Oc1cccc2ccccc12)c1ccc2cc(C(=O)O)sc2c1. The fourth-order valence-corrected chi connectivity index (χ4v) is 4.30. The van der Waals surface area contributed by atoms with Crippen LogP contribution in [0.15, 0.2) is 66.7 Å². The van der Waals surface area contributed by atoms with E-state index in [4.69, 9.17) is 16.3 Å². The predicted molar refractivity (Wildman–Crippen MR) is 111 cm³/mol. The lowest BCUT2D eigenvalue weighted by Crippen LogP contribution is -2.25. The minimum atomic E-state index is -1.04. The van der Waals surface area contributed by atoms with Crippen LogP contribution in [0.1, 0.15) is 28.6 Å². The maximum Gasteiger partial charge on any atom is 0.345 e. The smallest absolute Gasteiger partial charge is 0.345 e. The zero-order valence-corrected chi connectivity index (χ0v) is 16.2. The first kappa shape index (κ1) is 17.8. The molecule has 0 saturated carbocycles. The number of alkyl halides is 1. The van der Waals surface area contributed by atoms with E-state index in [0.717, 1.165) is 32.2 Å². The molecule has 1 atom stereocenters. The maximum absolute atomic E-state index is 11.2. The molecule has 0 aliphatic carbocycles. The number of aromatic carboxylic acids is 1. The van der Waals surface area contributed by atoms with Gasteiger partial charge in [0.1, 0.15) is 10.6 Å². The summed E-state index contributed by atoms with van der Waals surface area (Å²) < 4.78 is 7.19. The first-order valence-electron chi connectivity index (χ1n) is 8.63. The van der Waals surface area contributed by atoms with E-state index in [1.54, 1.807) is 6.07 Å². The van der Waals surface area contributed by atoms with E-state index >= 15 is 0 Å². The molecule has 1 N–H and O–H groups in total. The number of benzene rings is 3. The highest BCUT2D eigenvalue weighted by Gasteiger charge is 2.31. The summed E-state index contributed by atoms with van der Waals surface area (Å²) in [5, 5.41) is 11.2. The van der Waals surface area contributed by atoms with Crippen LogP contribution in [0.2, 0.25) is 0 Å². The molecule has 0 amide bonds.